The average molecular weight is 345 g/mol. The molecule has 0 aliphatic heterocycles. The highest BCUT2D eigenvalue weighted by Crippen LogP contribution is 2.14. The maximum atomic E-state index is 12.0. The molecule has 128 valence electrons. The zero-order chi connectivity index (χ0) is 16.6. The molecular weight excluding hydrogens is 324 g/mol. The molecule has 0 aliphatic rings. The van der Waals surface area contributed by atoms with Gasteiger partial charge in [-0.05, 0) is 18.4 Å². The molecule has 7 N–H and O–H groups in total. The first-order chi connectivity index (χ1) is 10.4. The van der Waals surface area contributed by atoms with Crippen molar-refractivity contribution in [1.82, 2.24) is 0 Å². The monoisotopic (exact) mass is 344 g/mol. The summed E-state index contributed by atoms with van der Waals surface area (Å²) in [4.78, 5) is 27.0. The summed E-state index contributed by atoms with van der Waals surface area (Å²) in [6.45, 7) is 0.139. The van der Waals surface area contributed by atoms with E-state index in [2.05, 4.69) is 4.99 Å². The van der Waals surface area contributed by atoms with Crippen molar-refractivity contribution < 1.29 is 19.4 Å². The van der Waals surface area contributed by atoms with Crippen molar-refractivity contribution in [3.05, 3.63) is 35.9 Å². The van der Waals surface area contributed by atoms with Crippen LogP contribution >= 0.6 is 12.4 Å². The average Bonchev–Trinajstić information content (AvgIpc) is 2.49. The van der Waals surface area contributed by atoms with Gasteiger partial charge >= 0.3 is 11.9 Å². The van der Waals surface area contributed by atoms with E-state index >= 15 is 0 Å². The van der Waals surface area contributed by atoms with Gasteiger partial charge in [-0.1, -0.05) is 30.3 Å². The van der Waals surface area contributed by atoms with E-state index in [0.717, 1.165) is 5.56 Å². The number of hydrogen-bond acceptors (Lipinski definition) is 5. The van der Waals surface area contributed by atoms with Crippen molar-refractivity contribution >= 4 is 30.3 Å². The van der Waals surface area contributed by atoms with Crippen molar-refractivity contribution in [3.63, 3.8) is 0 Å². The van der Waals surface area contributed by atoms with E-state index in [9.17, 15) is 14.7 Å². The molecular formula is C14H21ClN4O4. The van der Waals surface area contributed by atoms with Crippen LogP contribution in [0.15, 0.2) is 35.3 Å². The smallest absolute Gasteiger partial charge is 0.338 e. The minimum Gasteiger partial charge on any atom is -0.479 e. The van der Waals surface area contributed by atoms with Crippen LogP contribution in [0, 0.1) is 0 Å². The fourth-order valence-electron chi connectivity index (χ4n) is 1.71. The lowest BCUT2D eigenvalue weighted by atomic mass is 9.95. The first-order valence-electron chi connectivity index (χ1n) is 6.65. The second kappa shape index (κ2) is 9.65. The van der Waals surface area contributed by atoms with Crippen LogP contribution in [-0.4, -0.2) is 35.1 Å². The van der Waals surface area contributed by atoms with Gasteiger partial charge in [-0.3, -0.25) is 4.99 Å². The minimum atomic E-state index is -2.12. The highest BCUT2D eigenvalue weighted by atomic mass is 35.5. The van der Waals surface area contributed by atoms with Gasteiger partial charge in [-0.2, -0.15) is 0 Å². The number of hydrogen-bond donors (Lipinski definition) is 4. The third-order valence-corrected chi connectivity index (χ3v) is 2.98. The Labute approximate surface area is 140 Å². The molecule has 1 rings (SSSR count). The SMILES string of the molecule is Cl.NC(N)=NCCC[C@](N)(C(=O)O)C(=O)OCc1ccccc1. The molecule has 0 bridgehead atoms. The van der Waals surface area contributed by atoms with Gasteiger partial charge < -0.3 is 27.0 Å². The Balaban J connectivity index is 0.00000484. The summed E-state index contributed by atoms with van der Waals surface area (Å²) in [5, 5.41) is 9.20. The van der Waals surface area contributed by atoms with Crippen LogP contribution in [0.2, 0.25) is 0 Å². The molecule has 0 saturated heterocycles. The molecule has 0 saturated carbocycles. The molecule has 1 aromatic rings. The molecule has 0 fully saturated rings. The number of rotatable bonds is 8. The minimum absolute atomic E-state index is 0. The molecule has 8 nitrogen and oxygen atoms in total. The van der Waals surface area contributed by atoms with E-state index in [1.165, 1.54) is 0 Å². The standard InChI is InChI=1S/C14H20N4O4.ClH/c15-13(16)18-8-4-7-14(17,11(19)20)12(21)22-9-10-5-2-1-3-6-10;/h1-3,5-6H,4,7-9,17H2,(H,19,20)(H4,15,16,18);1H/t14-;/m0./s1. The van der Waals surface area contributed by atoms with Crippen molar-refractivity contribution in [2.45, 2.75) is 25.0 Å². The summed E-state index contributed by atoms with van der Waals surface area (Å²) < 4.78 is 5.00. The highest BCUT2D eigenvalue weighted by Gasteiger charge is 2.43. The molecule has 0 amide bonds. The van der Waals surface area contributed by atoms with Crippen molar-refractivity contribution in [2.75, 3.05) is 6.54 Å². The summed E-state index contributed by atoms with van der Waals surface area (Å²) >= 11 is 0. The van der Waals surface area contributed by atoms with E-state index in [1.54, 1.807) is 24.3 Å². The number of aliphatic imine (C=N–C) groups is 1. The Kier molecular flexibility index (Phi) is 8.67. The summed E-state index contributed by atoms with van der Waals surface area (Å²) in [5.41, 5.74) is 14.6. The maximum absolute atomic E-state index is 12.0. The fourth-order valence-corrected chi connectivity index (χ4v) is 1.71. The Hall–Kier alpha value is -2.32. The predicted molar refractivity (Wildman–Crippen MR) is 88.0 cm³/mol. The molecule has 1 atom stereocenters. The largest absolute Gasteiger partial charge is 0.479 e. The zero-order valence-corrected chi connectivity index (χ0v) is 13.3. The maximum Gasteiger partial charge on any atom is 0.338 e. The predicted octanol–water partition coefficient (Wildman–Crippen LogP) is -0.0127. The lowest BCUT2D eigenvalue weighted by Crippen LogP contribution is -2.55. The van der Waals surface area contributed by atoms with Crippen molar-refractivity contribution in [2.24, 2.45) is 22.2 Å². The lowest BCUT2D eigenvalue weighted by molar-refractivity contribution is -0.162. The van der Waals surface area contributed by atoms with Crippen LogP contribution in [-0.2, 0) is 20.9 Å². The second-order valence-corrected chi connectivity index (χ2v) is 4.75. The van der Waals surface area contributed by atoms with Gasteiger partial charge in [0.2, 0.25) is 5.54 Å². The molecule has 0 aliphatic carbocycles. The Morgan fingerprint density at radius 2 is 1.83 bits per heavy atom. The Morgan fingerprint density at radius 3 is 2.35 bits per heavy atom. The first kappa shape index (κ1) is 20.7. The van der Waals surface area contributed by atoms with Crippen LogP contribution < -0.4 is 17.2 Å². The molecule has 23 heavy (non-hydrogen) atoms. The number of carbonyl (C=O) groups excluding carboxylic acids is 1. The van der Waals surface area contributed by atoms with E-state index < -0.39 is 17.5 Å². The summed E-state index contributed by atoms with van der Waals surface area (Å²) in [6, 6.07) is 8.89. The number of esters is 1. The Bertz CT molecular complexity index is 549. The van der Waals surface area contributed by atoms with Crippen molar-refractivity contribution in [1.29, 1.82) is 0 Å². The van der Waals surface area contributed by atoms with Gasteiger partial charge in [-0.15, -0.1) is 12.4 Å². The highest BCUT2D eigenvalue weighted by molar-refractivity contribution is 6.03. The molecule has 0 unspecified atom stereocenters. The number of nitrogens with two attached hydrogens (primary N) is 3. The number of carbonyl (C=O) groups is 2. The number of halogens is 1. The Morgan fingerprint density at radius 1 is 1.22 bits per heavy atom. The van der Waals surface area contributed by atoms with Gasteiger partial charge in [0.15, 0.2) is 5.96 Å². The van der Waals surface area contributed by atoms with Gasteiger partial charge in [0.05, 0.1) is 0 Å². The van der Waals surface area contributed by atoms with Crippen LogP contribution in [0.3, 0.4) is 0 Å². The van der Waals surface area contributed by atoms with E-state index in [0.29, 0.717) is 0 Å². The normalized spacial score (nSPS) is 12.4. The number of nitrogens with zero attached hydrogens (tertiary/aromatic N) is 1. The van der Waals surface area contributed by atoms with Crippen LogP contribution in [0.25, 0.3) is 0 Å². The number of ether oxygens (including phenoxy) is 1. The van der Waals surface area contributed by atoms with Gasteiger partial charge in [0.1, 0.15) is 6.61 Å². The molecule has 0 aromatic heterocycles. The summed E-state index contributed by atoms with van der Waals surface area (Å²) in [7, 11) is 0. The lowest BCUT2D eigenvalue weighted by Gasteiger charge is -2.22. The number of aliphatic carboxylic acids is 1. The van der Waals surface area contributed by atoms with Crippen LogP contribution in [0.1, 0.15) is 18.4 Å². The molecule has 9 heteroatoms. The fraction of sp³-hybridized carbons (Fsp3) is 0.357. The van der Waals surface area contributed by atoms with E-state index in [1.807, 2.05) is 6.07 Å². The first-order valence-corrected chi connectivity index (χ1v) is 6.65. The van der Waals surface area contributed by atoms with Gasteiger partial charge in [0, 0.05) is 6.54 Å². The molecule has 0 spiro atoms. The summed E-state index contributed by atoms with van der Waals surface area (Å²) in [6.07, 6.45) is 0.105. The zero-order valence-electron chi connectivity index (χ0n) is 12.5. The van der Waals surface area contributed by atoms with E-state index in [-0.39, 0.29) is 44.4 Å². The second-order valence-electron chi connectivity index (χ2n) is 4.75. The van der Waals surface area contributed by atoms with E-state index in [4.69, 9.17) is 21.9 Å². The number of carboxylic acids is 1. The third-order valence-electron chi connectivity index (χ3n) is 2.98. The quantitative estimate of drug-likeness (QED) is 0.170. The number of carboxylic acid groups (broad SMARTS) is 1. The van der Waals surface area contributed by atoms with Gasteiger partial charge in [0.25, 0.3) is 0 Å². The van der Waals surface area contributed by atoms with Crippen LogP contribution in [0.5, 0.6) is 0 Å². The molecule has 0 heterocycles. The van der Waals surface area contributed by atoms with Crippen molar-refractivity contribution in [3.8, 4) is 0 Å². The summed E-state index contributed by atoms with van der Waals surface area (Å²) in [5.74, 6) is -2.55. The number of benzene rings is 1. The van der Waals surface area contributed by atoms with Gasteiger partial charge in [-0.25, -0.2) is 9.59 Å². The third kappa shape index (κ3) is 6.54. The molecule has 1 aromatic carbocycles. The topological polar surface area (TPSA) is 154 Å². The number of guanidine groups is 1. The van der Waals surface area contributed by atoms with Crippen LogP contribution in [0.4, 0.5) is 0 Å². The molecule has 0 radical (unpaired) electrons.